The molecule has 0 saturated carbocycles. The van der Waals surface area contributed by atoms with E-state index in [0.29, 0.717) is 6.42 Å². The third kappa shape index (κ3) is 4.42. The molecule has 20 heavy (non-hydrogen) atoms. The van der Waals surface area contributed by atoms with Crippen molar-refractivity contribution in [2.45, 2.75) is 12.5 Å². The summed E-state index contributed by atoms with van der Waals surface area (Å²) in [5, 5.41) is 3.24. The maximum Gasteiger partial charge on any atom is 0.130 e. The summed E-state index contributed by atoms with van der Waals surface area (Å²) in [6.45, 7) is 6.99. The first-order valence-electron chi connectivity index (χ1n) is 6.23. The second-order valence-electron chi connectivity index (χ2n) is 4.46. The van der Waals surface area contributed by atoms with Crippen molar-refractivity contribution in [2.24, 2.45) is 0 Å². The quantitative estimate of drug-likeness (QED) is 0.854. The van der Waals surface area contributed by atoms with Crippen LogP contribution in [0.15, 0.2) is 30.9 Å². The Kier molecular flexibility index (Phi) is 8.98. The van der Waals surface area contributed by atoms with Gasteiger partial charge in [-0.2, -0.15) is 0 Å². The third-order valence-corrected chi connectivity index (χ3v) is 3.32. The van der Waals surface area contributed by atoms with Crippen LogP contribution in [0.1, 0.15) is 18.0 Å². The van der Waals surface area contributed by atoms with E-state index >= 15 is 0 Å². The van der Waals surface area contributed by atoms with Crippen LogP contribution >= 0.6 is 24.8 Å². The Morgan fingerprint density at radius 1 is 1.20 bits per heavy atom. The molecule has 1 aliphatic heterocycles. The Hall–Kier alpha value is -0.680. The highest BCUT2D eigenvalue weighted by atomic mass is 35.5. The van der Waals surface area contributed by atoms with Gasteiger partial charge in [0.2, 0.25) is 0 Å². The zero-order valence-corrected chi connectivity index (χ0v) is 12.8. The Morgan fingerprint density at radius 3 is 2.25 bits per heavy atom. The fourth-order valence-corrected chi connectivity index (χ4v) is 2.43. The molecule has 1 fully saturated rings. The van der Waals surface area contributed by atoms with Crippen LogP contribution in [0.3, 0.4) is 0 Å². The van der Waals surface area contributed by atoms with Crippen LogP contribution in [0.2, 0.25) is 0 Å². The van der Waals surface area contributed by atoms with Crippen LogP contribution in [-0.2, 0) is 0 Å². The molecule has 0 spiro atoms. The zero-order chi connectivity index (χ0) is 13.0. The highest BCUT2D eigenvalue weighted by molar-refractivity contribution is 5.85. The molecule has 0 radical (unpaired) electrons. The Balaban J connectivity index is 0.00000180. The van der Waals surface area contributed by atoms with Gasteiger partial charge in [0, 0.05) is 37.8 Å². The Labute approximate surface area is 131 Å². The minimum atomic E-state index is -0.472. The molecule has 1 heterocycles. The van der Waals surface area contributed by atoms with Crippen LogP contribution in [0, 0.1) is 11.6 Å². The van der Waals surface area contributed by atoms with E-state index in [4.69, 9.17) is 0 Å². The first kappa shape index (κ1) is 19.3. The van der Waals surface area contributed by atoms with Crippen LogP contribution in [0.4, 0.5) is 8.78 Å². The smallest absolute Gasteiger partial charge is 0.130 e. The number of nitrogens with one attached hydrogen (secondary N) is 1. The van der Waals surface area contributed by atoms with Gasteiger partial charge in [-0.1, -0.05) is 12.1 Å². The molecule has 1 aromatic rings. The van der Waals surface area contributed by atoms with Crippen molar-refractivity contribution in [2.75, 3.05) is 26.2 Å². The number of rotatable bonds is 4. The lowest BCUT2D eigenvalue weighted by Crippen LogP contribution is -2.45. The molecule has 0 aliphatic carbocycles. The van der Waals surface area contributed by atoms with Crippen molar-refractivity contribution in [3.8, 4) is 0 Å². The first-order valence-corrected chi connectivity index (χ1v) is 6.23. The van der Waals surface area contributed by atoms with Crippen molar-refractivity contribution >= 4 is 24.8 Å². The summed E-state index contributed by atoms with van der Waals surface area (Å²) in [6.07, 6.45) is 2.27. The van der Waals surface area contributed by atoms with Gasteiger partial charge >= 0.3 is 0 Å². The number of nitrogens with zero attached hydrogens (tertiary/aromatic N) is 1. The highest BCUT2D eigenvalue weighted by Crippen LogP contribution is 2.29. The van der Waals surface area contributed by atoms with E-state index in [9.17, 15) is 8.78 Å². The fourth-order valence-electron chi connectivity index (χ4n) is 2.43. The van der Waals surface area contributed by atoms with Crippen molar-refractivity contribution in [1.29, 1.82) is 0 Å². The first-order chi connectivity index (χ1) is 8.74. The average Bonchev–Trinajstić information content (AvgIpc) is 2.38. The summed E-state index contributed by atoms with van der Waals surface area (Å²) in [7, 11) is 0. The van der Waals surface area contributed by atoms with Crippen LogP contribution in [-0.4, -0.2) is 31.1 Å². The molecule has 1 atom stereocenters. The van der Waals surface area contributed by atoms with E-state index < -0.39 is 11.6 Å². The predicted molar refractivity (Wildman–Crippen MR) is 82.9 cm³/mol. The maximum atomic E-state index is 13.9. The number of hydrogen-bond donors (Lipinski definition) is 1. The van der Waals surface area contributed by atoms with Gasteiger partial charge in [0.1, 0.15) is 11.6 Å². The van der Waals surface area contributed by atoms with Gasteiger partial charge < -0.3 is 5.32 Å². The number of piperazine rings is 1. The highest BCUT2D eigenvalue weighted by Gasteiger charge is 2.26. The van der Waals surface area contributed by atoms with Gasteiger partial charge in [0.25, 0.3) is 0 Å². The van der Waals surface area contributed by atoms with E-state index in [1.807, 2.05) is 0 Å². The van der Waals surface area contributed by atoms with Crippen molar-refractivity contribution in [3.63, 3.8) is 0 Å². The Morgan fingerprint density at radius 2 is 1.75 bits per heavy atom. The maximum absolute atomic E-state index is 13.9. The molecule has 1 saturated heterocycles. The monoisotopic (exact) mass is 324 g/mol. The molecule has 1 aliphatic rings. The van der Waals surface area contributed by atoms with Crippen molar-refractivity contribution < 1.29 is 8.78 Å². The topological polar surface area (TPSA) is 15.3 Å². The Bertz CT molecular complexity index is 403. The molecule has 6 heteroatoms. The lowest BCUT2D eigenvalue weighted by molar-refractivity contribution is 0.168. The minimum Gasteiger partial charge on any atom is -0.314 e. The molecule has 1 N–H and O–H groups in total. The molecule has 1 aromatic carbocycles. The molecular formula is C14H20Cl2F2N2. The summed E-state index contributed by atoms with van der Waals surface area (Å²) in [5.41, 5.74) is 0.166. The fraction of sp³-hybridized carbons (Fsp3) is 0.429. The van der Waals surface area contributed by atoms with Gasteiger partial charge in [-0.15, -0.1) is 31.4 Å². The van der Waals surface area contributed by atoms with Crippen LogP contribution in [0.25, 0.3) is 0 Å². The second kappa shape index (κ2) is 9.29. The zero-order valence-electron chi connectivity index (χ0n) is 11.1. The number of halogens is 4. The van der Waals surface area contributed by atoms with Gasteiger partial charge in [0.15, 0.2) is 0 Å². The summed E-state index contributed by atoms with van der Waals surface area (Å²) in [6, 6.07) is 3.77. The van der Waals surface area contributed by atoms with Gasteiger partial charge in [0.05, 0.1) is 0 Å². The van der Waals surface area contributed by atoms with Gasteiger partial charge in [-0.25, -0.2) is 8.78 Å². The summed E-state index contributed by atoms with van der Waals surface area (Å²) < 4.78 is 27.7. The standard InChI is InChI=1S/C14H18F2N2.2ClH/c1-2-4-13(18-9-7-17-8-10-18)14-11(15)5-3-6-12(14)16;;/h2-3,5-6,13,17H,1,4,7-10H2;2*1H/t13-;;/m1../s1. The second-order valence-corrected chi connectivity index (χ2v) is 4.46. The molecule has 0 unspecified atom stereocenters. The number of hydrogen-bond acceptors (Lipinski definition) is 2. The molecule has 0 bridgehead atoms. The van der Waals surface area contributed by atoms with Crippen LogP contribution < -0.4 is 5.32 Å². The molecule has 0 aromatic heterocycles. The van der Waals surface area contributed by atoms with Gasteiger partial charge in [-0.05, 0) is 18.6 Å². The molecule has 0 amide bonds. The molecule has 114 valence electrons. The predicted octanol–water partition coefficient (Wildman–Crippen LogP) is 3.33. The van der Waals surface area contributed by atoms with E-state index in [-0.39, 0.29) is 36.4 Å². The van der Waals surface area contributed by atoms with Gasteiger partial charge in [-0.3, -0.25) is 4.90 Å². The van der Waals surface area contributed by atoms with Crippen molar-refractivity contribution in [1.82, 2.24) is 10.2 Å². The van der Waals surface area contributed by atoms with E-state index in [1.165, 1.54) is 18.2 Å². The summed E-state index contributed by atoms with van der Waals surface area (Å²) in [4.78, 5) is 2.11. The van der Waals surface area contributed by atoms with Crippen LogP contribution in [0.5, 0.6) is 0 Å². The number of benzene rings is 1. The van der Waals surface area contributed by atoms with E-state index in [2.05, 4.69) is 16.8 Å². The summed E-state index contributed by atoms with van der Waals surface area (Å²) >= 11 is 0. The summed E-state index contributed by atoms with van der Waals surface area (Å²) in [5.74, 6) is -0.944. The molecule has 2 rings (SSSR count). The third-order valence-electron chi connectivity index (χ3n) is 3.32. The van der Waals surface area contributed by atoms with Crippen molar-refractivity contribution in [3.05, 3.63) is 48.1 Å². The largest absolute Gasteiger partial charge is 0.314 e. The lowest BCUT2D eigenvalue weighted by atomic mass is 10.00. The normalized spacial score (nSPS) is 16.7. The molecular weight excluding hydrogens is 305 g/mol. The molecule has 2 nitrogen and oxygen atoms in total. The minimum absolute atomic E-state index is 0. The average molecular weight is 325 g/mol. The van der Waals surface area contributed by atoms with E-state index in [0.717, 1.165) is 26.2 Å². The lowest BCUT2D eigenvalue weighted by Gasteiger charge is -2.35. The van der Waals surface area contributed by atoms with E-state index in [1.54, 1.807) is 6.08 Å². The SMILES string of the molecule is C=CC[C@H](c1c(F)cccc1F)N1CCNCC1.Cl.Cl.